The number of likely N-dealkylation sites (tertiary alicyclic amines) is 1. The Hall–Kier alpha value is -0.770. The standard InChI is InChI=1S/C13H24N2O2/c1-9-6-7-15(8-12(9)16)13(17)14-10(2)11-4-3-5-11/h9-12,16H,3-8H2,1-2H3,(H,14,17). The molecule has 0 radical (unpaired) electrons. The third-order valence-corrected chi connectivity index (χ3v) is 4.41. The van der Waals surface area contributed by atoms with Gasteiger partial charge in [-0.2, -0.15) is 0 Å². The van der Waals surface area contributed by atoms with Crippen molar-refractivity contribution < 1.29 is 9.90 Å². The first-order chi connectivity index (χ1) is 8.08. The fourth-order valence-electron chi connectivity index (χ4n) is 2.58. The number of aliphatic hydroxyl groups is 1. The van der Waals surface area contributed by atoms with E-state index in [2.05, 4.69) is 12.2 Å². The second-order valence-corrected chi connectivity index (χ2v) is 5.71. The van der Waals surface area contributed by atoms with Gasteiger partial charge < -0.3 is 15.3 Å². The van der Waals surface area contributed by atoms with Crippen molar-refractivity contribution in [1.82, 2.24) is 10.2 Å². The van der Waals surface area contributed by atoms with E-state index in [4.69, 9.17) is 0 Å². The van der Waals surface area contributed by atoms with Crippen molar-refractivity contribution in [3.8, 4) is 0 Å². The van der Waals surface area contributed by atoms with Crippen LogP contribution >= 0.6 is 0 Å². The van der Waals surface area contributed by atoms with E-state index >= 15 is 0 Å². The first-order valence-corrected chi connectivity index (χ1v) is 6.81. The van der Waals surface area contributed by atoms with Crippen molar-refractivity contribution in [2.75, 3.05) is 13.1 Å². The summed E-state index contributed by atoms with van der Waals surface area (Å²) >= 11 is 0. The van der Waals surface area contributed by atoms with Crippen LogP contribution in [0.15, 0.2) is 0 Å². The summed E-state index contributed by atoms with van der Waals surface area (Å²) in [4.78, 5) is 13.8. The molecule has 2 aliphatic rings. The Bertz CT molecular complexity index is 279. The van der Waals surface area contributed by atoms with Crippen LogP contribution in [0.2, 0.25) is 0 Å². The van der Waals surface area contributed by atoms with Gasteiger partial charge in [0.15, 0.2) is 0 Å². The van der Waals surface area contributed by atoms with Crippen LogP contribution < -0.4 is 5.32 Å². The van der Waals surface area contributed by atoms with Gasteiger partial charge in [0.1, 0.15) is 0 Å². The van der Waals surface area contributed by atoms with Crippen LogP contribution in [-0.2, 0) is 0 Å². The summed E-state index contributed by atoms with van der Waals surface area (Å²) in [5, 5.41) is 12.8. The van der Waals surface area contributed by atoms with Crippen molar-refractivity contribution in [2.24, 2.45) is 11.8 Å². The minimum absolute atomic E-state index is 0.00431. The predicted molar refractivity (Wildman–Crippen MR) is 66.7 cm³/mol. The first kappa shape index (κ1) is 12.7. The van der Waals surface area contributed by atoms with Crippen LogP contribution in [0.5, 0.6) is 0 Å². The van der Waals surface area contributed by atoms with E-state index in [-0.39, 0.29) is 18.2 Å². The van der Waals surface area contributed by atoms with Crippen LogP contribution in [0.4, 0.5) is 4.79 Å². The third kappa shape index (κ3) is 2.92. The summed E-state index contributed by atoms with van der Waals surface area (Å²) in [7, 11) is 0. The minimum atomic E-state index is -0.367. The second kappa shape index (κ2) is 5.25. The molecular formula is C13H24N2O2. The van der Waals surface area contributed by atoms with E-state index in [0.29, 0.717) is 18.4 Å². The molecule has 4 heteroatoms. The van der Waals surface area contributed by atoms with Crippen LogP contribution in [-0.4, -0.2) is 41.3 Å². The zero-order valence-corrected chi connectivity index (χ0v) is 10.9. The average molecular weight is 240 g/mol. The highest BCUT2D eigenvalue weighted by molar-refractivity contribution is 5.74. The SMILES string of the molecule is CC1CCN(C(=O)NC(C)C2CCC2)CC1O. The molecule has 0 bridgehead atoms. The van der Waals surface area contributed by atoms with E-state index in [1.165, 1.54) is 19.3 Å². The maximum atomic E-state index is 12.0. The van der Waals surface area contributed by atoms with Gasteiger partial charge >= 0.3 is 6.03 Å². The molecule has 17 heavy (non-hydrogen) atoms. The fraction of sp³-hybridized carbons (Fsp3) is 0.923. The number of rotatable bonds is 2. The number of hydrogen-bond donors (Lipinski definition) is 2. The Morgan fingerprint density at radius 2 is 2.12 bits per heavy atom. The monoisotopic (exact) mass is 240 g/mol. The number of carbonyl (C=O) groups excluding carboxylic acids is 1. The van der Waals surface area contributed by atoms with Crippen molar-refractivity contribution in [1.29, 1.82) is 0 Å². The van der Waals surface area contributed by atoms with E-state index in [1.807, 2.05) is 6.92 Å². The van der Waals surface area contributed by atoms with E-state index in [9.17, 15) is 9.90 Å². The number of carbonyl (C=O) groups is 1. The molecule has 1 saturated heterocycles. The number of aliphatic hydroxyl groups excluding tert-OH is 1. The molecule has 0 aromatic heterocycles. The number of piperidine rings is 1. The summed E-state index contributed by atoms with van der Waals surface area (Å²) in [5.74, 6) is 0.968. The Morgan fingerprint density at radius 1 is 1.41 bits per heavy atom. The van der Waals surface area contributed by atoms with Crippen LogP contribution in [0.25, 0.3) is 0 Å². The van der Waals surface area contributed by atoms with Gasteiger partial charge in [0.2, 0.25) is 0 Å². The smallest absolute Gasteiger partial charge is 0.317 e. The lowest BCUT2D eigenvalue weighted by Gasteiger charge is -2.37. The third-order valence-electron chi connectivity index (χ3n) is 4.41. The summed E-state index contributed by atoms with van der Waals surface area (Å²) in [6.45, 7) is 5.37. The van der Waals surface area contributed by atoms with Crippen LogP contribution in [0, 0.1) is 11.8 Å². The van der Waals surface area contributed by atoms with Crippen molar-refractivity contribution in [3.05, 3.63) is 0 Å². The van der Waals surface area contributed by atoms with Crippen LogP contribution in [0.1, 0.15) is 39.5 Å². The second-order valence-electron chi connectivity index (χ2n) is 5.71. The van der Waals surface area contributed by atoms with E-state index < -0.39 is 0 Å². The minimum Gasteiger partial charge on any atom is -0.391 e. The summed E-state index contributed by atoms with van der Waals surface area (Å²) in [5.41, 5.74) is 0. The molecule has 2 fully saturated rings. The molecule has 0 aromatic rings. The van der Waals surface area contributed by atoms with Gasteiger partial charge in [-0.25, -0.2) is 4.79 Å². The number of amides is 2. The lowest BCUT2D eigenvalue weighted by atomic mass is 9.80. The van der Waals surface area contributed by atoms with Gasteiger partial charge in [0.05, 0.1) is 6.10 Å². The van der Waals surface area contributed by atoms with Crippen molar-refractivity contribution in [3.63, 3.8) is 0 Å². The highest BCUT2D eigenvalue weighted by Crippen LogP contribution is 2.29. The quantitative estimate of drug-likeness (QED) is 0.770. The molecule has 0 aromatic carbocycles. The highest BCUT2D eigenvalue weighted by Gasteiger charge is 2.30. The summed E-state index contributed by atoms with van der Waals surface area (Å²) in [6.07, 6.45) is 4.30. The average Bonchev–Trinajstić information content (AvgIpc) is 2.19. The first-order valence-electron chi connectivity index (χ1n) is 6.81. The van der Waals surface area contributed by atoms with Gasteiger partial charge in [0, 0.05) is 19.1 Å². The van der Waals surface area contributed by atoms with E-state index in [0.717, 1.165) is 13.0 Å². The van der Waals surface area contributed by atoms with Gasteiger partial charge in [-0.05, 0) is 38.0 Å². The summed E-state index contributed by atoms with van der Waals surface area (Å²) in [6, 6.07) is 0.267. The fourth-order valence-corrected chi connectivity index (χ4v) is 2.58. The Morgan fingerprint density at radius 3 is 2.65 bits per heavy atom. The van der Waals surface area contributed by atoms with Crippen molar-refractivity contribution in [2.45, 2.75) is 51.7 Å². The molecule has 0 spiro atoms. The normalized spacial score (nSPS) is 31.8. The lowest BCUT2D eigenvalue weighted by Crippen LogP contribution is -2.53. The molecule has 1 heterocycles. The number of nitrogens with one attached hydrogen (secondary N) is 1. The highest BCUT2D eigenvalue weighted by atomic mass is 16.3. The predicted octanol–water partition coefficient (Wildman–Crippen LogP) is 1.59. The molecule has 3 unspecified atom stereocenters. The molecule has 2 rings (SSSR count). The topological polar surface area (TPSA) is 52.6 Å². The van der Waals surface area contributed by atoms with E-state index in [1.54, 1.807) is 4.90 Å². The molecule has 1 saturated carbocycles. The molecule has 3 atom stereocenters. The largest absolute Gasteiger partial charge is 0.391 e. The number of β-amino-alcohol motifs (C(OH)–C–C–N with tert-alkyl or cyclic N) is 1. The van der Waals surface area contributed by atoms with Gasteiger partial charge in [-0.15, -0.1) is 0 Å². The molecule has 98 valence electrons. The number of nitrogens with zero attached hydrogens (tertiary/aromatic N) is 1. The zero-order chi connectivity index (χ0) is 12.4. The molecule has 1 aliphatic heterocycles. The van der Waals surface area contributed by atoms with Gasteiger partial charge in [-0.1, -0.05) is 13.3 Å². The maximum absolute atomic E-state index is 12.0. The molecular weight excluding hydrogens is 216 g/mol. The van der Waals surface area contributed by atoms with Gasteiger partial charge in [0.25, 0.3) is 0 Å². The molecule has 4 nitrogen and oxygen atoms in total. The summed E-state index contributed by atoms with van der Waals surface area (Å²) < 4.78 is 0. The zero-order valence-electron chi connectivity index (χ0n) is 10.9. The maximum Gasteiger partial charge on any atom is 0.317 e. The van der Waals surface area contributed by atoms with Crippen molar-refractivity contribution >= 4 is 6.03 Å². The lowest BCUT2D eigenvalue weighted by molar-refractivity contribution is 0.0422. The molecule has 2 N–H and O–H groups in total. The Balaban J connectivity index is 1.79. The Kier molecular flexibility index (Phi) is 3.92. The van der Waals surface area contributed by atoms with Crippen LogP contribution in [0.3, 0.4) is 0 Å². The Labute approximate surface area is 103 Å². The number of hydrogen-bond acceptors (Lipinski definition) is 2. The number of urea groups is 1. The molecule has 1 aliphatic carbocycles. The van der Waals surface area contributed by atoms with Gasteiger partial charge in [-0.3, -0.25) is 0 Å². The molecule has 2 amide bonds.